The standard InChI is InChI=1S/C25H24ClN3O3/c26-20-12-10-18(11-13-20)16-32-17-21(30)15-29-23-9-5-4-8-22(23)28-24(29)14-27-25(31)19-6-2-1-3-7-19/h1-13,21,30H,14-17H2,(H,27,31)/t21-/m1/s1. The Labute approximate surface area is 191 Å². The minimum absolute atomic E-state index is 0.170. The molecule has 0 bridgehead atoms. The van der Waals surface area contributed by atoms with Gasteiger partial charge in [0.05, 0.1) is 43.4 Å². The van der Waals surface area contributed by atoms with Gasteiger partial charge in [-0.3, -0.25) is 4.79 Å². The number of aliphatic hydroxyl groups is 1. The fraction of sp³-hybridized carbons (Fsp3) is 0.200. The number of aliphatic hydroxyl groups excluding tert-OH is 1. The lowest BCUT2D eigenvalue weighted by molar-refractivity contribution is 0.0205. The van der Waals surface area contributed by atoms with Gasteiger partial charge in [0.25, 0.3) is 5.91 Å². The van der Waals surface area contributed by atoms with Gasteiger partial charge in [-0.05, 0) is 42.0 Å². The summed E-state index contributed by atoms with van der Waals surface area (Å²) < 4.78 is 7.61. The first-order valence-corrected chi connectivity index (χ1v) is 10.8. The van der Waals surface area contributed by atoms with E-state index in [4.69, 9.17) is 16.3 Å². The molecular weight excluding hydrogens is 426 g/mol. The van der Waals surface area contributed by atoms with E-state index in [1.54, 1.807) is 12.1 Å². The maximum absolute atomic E-state index is 12.4. The average molecular weight is 450 g/mol. The van der Waals surface area contributed by atoms with Crippen molar-refractivity contribution in [1.82, 2.24) is 14.9 Å². The number of fused-ring (bicyclic) bond motifs is 1. The van der Waals surface area contributed by atoms with Crippen molar-refractivity contribution in [2.75, 3.05) is 6.61 Å². The number of aromatic nitrogens is 2. The highest BCUT2D eigenvalue weighted by Gasteiger charge is 2.15. The molecule has 0 aliphatic carbocycles. The number of nitrogens with one attached hydrogen (secondary N) is 1. The summed E-state index contributed by atoms with van der Waals surface area (Å²) in [6.07, 6.45) is -0.733. The number of halogens is 1. The van der Waals surface area contributed by atoms with E-state index in [1.807, 2.05) is 71.3 Å². The van der Waals surface area contributed by atoms with Crippen LogP contribution in [0, 0.1) is 0 Å². The molecule has 1 heterocycles. The number of hydrogen-bond acceptors (Lipinski definition) is 4. The highest BCUT2D eigenvalue weighted by atomic mass is 35.5. The molecule has 4 aromatic rings. The fourth-order valence-electron chi connectivity index (χ4n) is 3.47. The van der Waals surface area contributed by atoms with Crippen LogP contribution in [0.5, 0.6) is 0 Å². The SMILES string of the molecule is O=C(NCc1nc2ccccc2n1C[C@@H](O)COCc1ccc(Cl)cc1)c1ccccc1. The maximum Gasteiger partial charge on any atom is 0.251 e. The molecule has 1 aromatic heterocycles. The molecule has 6 nitrogen and oxygen atoms in total. The molecule has 164 valence electrons. The number of hydrogen-bond donors (Lipinski definition) is 2. The molecule has 32 heavy (non-hydrogen) atoms. The number of para-hydroxylation sites is 2. The number of carbonyl (C=O) groups excluding carboxylic acids is 1. The molecule has 0 unspecified atom stereocenters. The second kappa shape index (κ2) is 10.4. The predicted octanol–water partition coefficient (Wildman–Crippen LogP) is 4.20. The zero-order valence-electron chi connectivity index (χ0n) is 17.4. The summed E-state index contributed by atoms with van der Waals surface area (Å²) in [4.78, 5) is 17.1. The van der Waals surface area contributed by atoms with Crippen LogP contribution in [-0.2, 0) is 24.4 Å². The van der Waals surface area contributed by atoms with Crippen molar-refractivity contribution in [3.05, 3.63) is 101 Å². The molecular formula is C25H24ClN3O3. The maximum atomic E-state index is 12.4. The van der Waals surface area contributed by atoms with Crippen LogP contribution in [0.2, 0.25) is 5.02 Å². The number of rotatable bonds is 9. The lowest BCUT2D eigenvalue weighted by Gasteiger charge is -2.15. The lowest BCUT2D eigenvalue weighted by Crippen LogP contribution is -2.27. The Hall–Kier alpha value is -3.19. The molecule has 0 aliphatic heterocycles. The Balaban J connectivity index is 1.41. The summed E-state index contributed by atoms with van der Waals surface area (Å²) in [5, 5.41) is 14.2. The molecule has 1 atom stereocenters. The Morgan fingerprint density at radius 2 is 1.75 bits per heavy atom. The second-order valence-electron chi connectivity index (χ2n) is 7.47. The van der Waals surface area contributed by atoms with E-state index in [1.165, 1.54) is 0 Å². The second-order valence-corrected chi connectivity index (χ2v) is 7.91. The third-order valence-electron chi connectivity index (χ3n) is 5.06. The highest BCUT2D eigenvalue weighted by Crippen LogP contribution is 2.17. The number of carbonyl (C=O) groups is 1. The molecule has 0 spiro atoms. The summed E-state index contributed by atoms with van der Waals surface area (Å²) in [5.74, 6) is 0.503. The molecule has 0 saturated carbocycles. The summed E-state index contributed by atoms with van der Waals surface area (Å²) >= 11 is 5.90. The Kier molecular flexibility index (Phi) is 7.17. The van der Waals surface area contributed by atoms with Crippen molar-refractivity contribution < 1.29 is 14.6 Å². The summed E-state index contributed by atoms with van der Waals surface area (Å²) in [5.41, 5.74) is 3.28. The van der Waals surface area contributed by atoms with Crippen molar-refractivity contribution in [3.63, 3.8) is 0 Å². The summed E-state index contributed by atoms with van der Waals surface area (Å²) in [6.45, 7) is 1.11. The van der Waals surface area contributed by atoms with Crippen LogP contribution in [0.15, 0.2) is 78.9 Å². The number of benzene rings is 3. The van der Waals surface area contributed by atoms with Gasteiger partial charge in [-0.25, -0.2) is 4.98 Å². The first-order chi connectivity index (χ1) is 15.6. The van der Waals surface area contributed by atoms with Crippen LogP contribution in [0.25, 0.3) is 11.0 Å². The third kappa shape index (κ3) is 5.53. The molecule has 0 aliphatic rings. The number of imidazole rings is 1. The zero-order valence-corrected chi connectivity index (χ0v) is 18.2. The lowest BCUT2D eigenvalue weighted by atomic mass is 10.2. The molecule has 0 radical (unpaired) electrons. The van der Waals surface area contributed by atoms with E-state index in [-0.39, 0.29) is 19.1 Å². The summed E-state index contributed by atoms with van der Waals surface area (Å²) in [6, 6.07) is 24.2. The van der Waals surface area contributed by atoms with Gasteiger partial charge in [0.1, 0.15) is 5.82 Å². The van der Waals surface area contributed by atoms with Gasteiger partial charge in [0.2, 0.25) is 0 Å². The van der Waals surface area contributed by atoms with Crippen LogP contribution < -0.4 is 5.32 Å². The van der Waals surface area contributed by atoms with Gasteiger partial charge in [-0.1, -0.05) is 54.1 Å². The Morgan fingerprint density at radius 1 is 1.03 bits per heavy atom. The van der Waals surface area contributed by atoms with E-state index in [0.717, 1.165) is 16.6 Å². The van der Waals surface area contributed by atoms with Gasteiger partial charge < -0.3 is 19.7 Å². The quantitative estimate of drug-likeness (QED) is 0.401. The number of nitrogens with zero attached hydrogens (tertiary/aromatic N) is 2. The van der Waals surface area contributed by atoms with Crippen molar-refractivity contribution >= 4 is 28.5 Å². The molecule has 2 N–H and O–H groups in total. The van der Waals surface area contributed by atoms with Crippen LogP contribution in [0.4, 0.5) is 0 Å². The normalized spacial score (nSPS) is 12.1. The van der Waals surface area contributed by atoms with Crippen LogP contribution >= 0.6 is 11.6 Å². The molecule has 4 rings (SSSR count). The first-order valence-electron chi connectivity index (χ1n) is 10.4. The smallest absolute Gasteiger partial charge is 0.251 e. The largest absolute Gasteiger partial charge is 0.389 e. The Morgan fingerprint density at radius 3 is 2.53 bits per heavy atom. The van der Waals surface area contributed by atoms with Crippen molar-refractivity contribution in [1.29, 1.82) is 0 Å². The van der Waals surface area contributed by atoms with E-state index in [2.05, 4.69) is 10.3 Å². The summed E-state index contributed by atoms with van der Waals surface area (Å²) in [7, 11) is 0. The van der Waals surface area contributed by atoms with Gasteiger partial charge in [-0.15, -0.1) is 0 Å². The van der Waals surface area contributed by atoms with Gasteiger partial charge >= 0.3 is 0 Å². The number of amides is 1. The van der Waals surface area contributed by atoms with E-state index in [9.17, 15) is 9.90 Å². The zero-order chi connectivity index (χ0) is 22.3. The minimum Gasteiger partial charge on any atom is -0.389 e. The van der Waals surface area contributed by atoms with Gasteiger partial charge in [0, 0.05) is 10.6 Å². The minimum atomic E-state index is -0.733. The van der Waals surface area contributed by atoms with E-state index in [0.29, 0.717) is 29.6 Å². The van der Waals surface area contributed by atoms with Crippen LogP contribution in [0.3, 0.4) is 0 Å². The highest BCUT2D eigenvalue weighted by molar-refractivity contribution is 6.30. The average Bonchev–Trinajstić information content (AvgIpc) is 3.16. The molecule has 3 aromatic carbocycles. The van der Waals surface area contributed by atoms with Gasteiger partial charge in [-0.2, -0.15) is 0 Å². The molecule has 0 saturated heterocycles. The third-order valence-corrected chi connectivity index (χ3v) is 5.31. The fourth-order valence-corrected chi connectivity index (χ4v) is 3.60. The predicted molar refractivity (Wildman–Crippen MR) is 124 cm³/mol. The van der Waals surface area contributed by atoms with Crippen molar-refractivity contribution in [2.24, 2.45) is 0 Å². The van der Waals surface area contributed by atoms with E-state index >= 15 is 0 Å². The first kappa shape index (κ1) is 22.0. The van der Waals surface area contributed by atoms with Crippen molar-refractivity contribution in [3.8, 4) is 0 Å². The van der Waals surface area contributed by atoms with Crippen molar-refractivity contribution in [2.45, 2.75) is 25.8 Å². The Bertz CT molecular complexity index is 1180. The van der Waals surface area contributed by atoms with Crippen LogP contribution in [-0.4, -0.2) is 33.3 Å². The number of ether oxygens (including phenoxy) is 1. The molecule has 7 heteroatoms. The molecule has 0 fully saturated rings. The molecule has 1 amide bonds. The van der Waals surface area contributed by atoms with E-state index < -0.39 is 6.10 Å². The van der Waals surface area contributed by atoms with Crippen LogP contribution in [0.1, 0.15) is 21.7 Å². The topological polar surface area (TPSA) is 76.4 Å². The van der Waals surface area contributed by atoms with Gasteiger partial charge in [0.15, 0.2) is 0 Å². The monoisotopic (exact) mass is 449 g/mol.